The fourth-order valence-corrected chi connectivity index (χ4v) is 1.82. The Kier molecular flexibility index (Phi) is 3.88. The van der Waals surface area contributed by atoms with Gasteiger partial charge >= 0.3 is 0 Å². The molecule has 0 aliphatic carbocycles. The SMILES string of the molecule is Cc1ccc(CCOS(C)(=O)=O)c(C)c1. The summed E-state index contributed by atoms with van der Waals surface area (Å²) in [4.78, 5) is 0. The van der Waals surface area contributed by atoms with E-state index in [-0.39, 0.29) is 6.61 Å². The molecule has 0 N–H and O–H groups in total. The van der Waals surface area contributed by atoms with Gasteiger partial charge in [-0.1, -0.05) is 23.8 Å². The normalized spacial score (nSPS) is 11.7. The number of hydrogen-bond donors (Lipinski definition) is 0. The molecule has 0 spiro atoms. The first-order chi connectivity index (χ1) is 6.88. The van der Waals surface area contributed by atoms with Gasteiger partial charge in [-0.05, 0) is 31.4 Å². The van der Waals surface area contributed by atoms with Crippen molar-refractivity contribution in [2.75, 3.05) is 12.9 Å². The zero-order valence-electron chi connectivity index (χ0n) is 9.28. The Bertz CT molecular complexity index is 435. The molecule has 0 saturated carbocycles. The first-order valence-electron chi connectivity index (χ1n) is 4.79. The van der Waals surface area contributed by atoms with Gasteiger partial charge in [0.1, 0.15) is 0 Å². The fraction of sp³-hybridized carbons (Fsp3) is 0.455. The van der Waals surface area contributed by atoms with Gasteiger partial charge in [0.05, 0.1) is 12.9 Å². The molecule has 3 nitrogen and oxygen atoms in total. The Morgan fingerprint density at radius 3 is 2.47 bits per heavy atom. The third-order valence-corrected chi connectivity index (χ3v) is 2.76. The van der Waals surface area contributed by atoms with E-state index in [4.69, 9.17) is 4.18 Å². The van der Waals surface area contributed by atoms with Crippen LogP contribution in [0.15, 0.2) is 18.2 Å². The molecule has 15 heavy (non-hydrogen) atoms. The van der Waals surface area contributed by atoms with Gasteiger partial charge in [-0.2, -0.15) is 8.42 Å². The third-order valence-electron chi connectivity index (χ3n) is 2.17. The molecular weight excluding hydrogens is 212 g/mol. The lowest BCUT2D eigenvalue weighted by Gasteiger charge is -2.06. The van der Waals surface area contributed by atoms with Gasteiger partial charge in [0.15, 0.2) is 0 Å². The summed E-state index contributed by atoms with van der Waals surface area (Å²) in [6.45, 7) is 4.26. The van der Waals surface area contributed by atoms with E-state index in [1.807, 2.05) is 26.0 Å². The molecule has 0 bridgehead atoms. The molecule has 1 rings (SSSR count). The first kappa shape index (κ1) is 12.2. The molecule has 0 saturated heterocycles. The van der Waals surface area contributed by atoms with Crippen LogP contribution in [-0.2, 0) is 20.7 Å². The van der Waals surface area contributed by atoms with Crippen LogP contribution >= 0.6 is 0 Å². The van der Waals surface area contributed by atoms with Crippen LogP contribution in [-0.4, -0.2) is 21.3 Å². The maximum absolute atomic E-state index is 10.7. The minimum absolute atomic E-state index is 0.211. The van der Waals surface area contributed by atoms with Gasteiger partial charge in [0.25, 0.3) is 10.1 Å². The Hall–Kier alpha value is -0.870. The van der Waals surface area contributed by atoms with Crippen LogP contribution in [0.2, 0.25) is 0 Å². The van der Waals surface area contributed by atoms with E-state index in [0.29, 0.717) is 6.42 Å². The molecule has 0 heterocycles. The Morgan fingerprint density at radius 2 is 1.93 bits per heavy atom. The minimum atomic E-state index is -3.32. The van der Waals surface area contributed by atoms with E-state index >= 15 is 0 Å². The molecule has 0 aromatic heterocycles. The lowest BCUT2D eigenvalue weighted by molar-refractivity contribution is 0.325. The van der Waals surface area contributed by atoms with Crippen molar-refractivity contribution in [3.63, 3.8) is 0 Å². The van der Waals surface area contributed by atoms with Crippen molar-refractivity contribution in [2.24, 2.45) is 0 Å². The summed E-state index contributed by atoms with van der Waals surface area (Å²) in [5.74, 6) is 0. The Balaban J connectivity index is 2.59. The second kappa shape index (κ2) is 4.77. The largest absolute Gasteiger partial charge is 0.270 e. The zero-order valence-corrected chi connectivity index (χ0v) is 10.1. The van der Waals surface area contributed by atoms with Crippen LogP contribution in [0.5, 0.6) is 0 Å². The van der Waals surface area contributed by atoms with Gasteiger partial charge in [-0.15, -0.1) is 0 Å². The van der Waals surface area contributed by atoms with Crippen molar-refractivity contribution < 1.29 is 12.6 Å². The van der Waals surface area contributed by atoms with Gasteiger partial charge in [-0.3, -0.25) is 4.18 Å². The summed E-state index contributed by atoms with van der Waals surface area (Å²) in [5.41, 5.74) is 3.51. The van der Waals surface area contributed by atoms with Crippen LogP contribution in [0.4, 0.5) is 0 Å². The molecule has 0 aliphatic rings. The smallest absolute Gasteiger partial charge is 0.264 e. The van der Waals surface area contributed by atoms with Crippen molar-refractivity contribution in [1.82, 2.24) is 0 Å². The molecule has 84 valence electrons. The first-order valence-corrected chi connectivity index (χ1v) is 6.61. The highest BCUT2D eigenvalue weighted by Gasteiger charge is 2.03. The third kappa shape index (κ3) is 4.44. The van der Waals surface area contributed by atoms with E-state index in [9.17, 15) is 8.42 Å². The van der Waals surface area contributed by atoms with E-state index in [1.54, 1.807) is 0 Å². The summed E-state index contributed by atoms with van der Waals surface area (Å²) in [5, 5.41) is 0. The van der Waals surface area contributed by atoms with Gasteiger partial charge < -0.3 is 0 Å². The topological polar surface area (TPSA) is 43.4 Å². The van der Waals surface area contributed by atoms with Gasteiger partial charge in [-0.25, -0.2) is 0 Å². The van der Waals surface area contributed by atoms with Crippen molar-refractivity contribution >= 4 is 10.1 Å². The number of benzene rings is 1. The second-order valence-corrected chi connectivity index (χ2v) is 5.35. The van der Waals surface area contributed by atoms with E-state index in [2.05, 4.69) is 6.07 Å². The fourth-order valence-electron chi connectivity index (χ4n) is 1.43. The lowest BCUT2D eigenvalue weighted by Crippen LogP contribution is -2.06. The van der Waals surface area contributed by atoms with Crippen LogP contribution in [0.3, 0.4) is 0 Å². The molecule has 1 aromatic carbocycles. The summed E-state index contributed by atoms with van der Waals surface area (Å²) in [7, 11) is -3.32. The summed E-state index contributed by atoms with van der Waals surface area (Å²) >= 11 is 0. The molecule has 0 radical (unpaired) electrons. The van der Waals surface area contributed by atoms with E-state index in [1.165, 1.54) is 11.1 Å². The van der Waals surface area contributed by atoms with Crippen molar-refractivity contribution in [1.29, 1.82) is 0 Å². The predicted octanol–water partition coefficient (Wildman–Crippen LogP) is 1.82. The highest BCUT2D eigenvalue weighted by Crippen LogP contribution is 2.11. The maximum Gasteiger partial charge on any atom is 0.264 e. The number of hydrogen-bond acceptors (Lipinski definition) is 3. The lowest BCUT2D eigenvalue weighted by atomic mass is 10.0. The average molecular weight is 228 g/mol. The maximum atomic E-state index is 10.7. The monoisotopic (exact) mass is 228 g/mol. The molecule has 0 unspecified atom stereocenters. The van der Waals surface area contributed by atoms with Crippen molar-refractivity contribution in [3.8, 4) is 0 Å². The minimum Gasteiger partial charge on any atom is -0.270 e. The molecule has 1 aromatic rings. The quantitative estimate of drug-likeness (QED) is 0.738. The Morgan fingerprint density at radius 1 is 1.27 bits per heavy atom. The number of aryl methyl sites for hydroxylation is 2. The Labute approximate surface area is 91.2 Å². The standard InChI is InChI=1S/C11H16O3S/c1-9-4-5-11(10(2)8-9)6-7-14-15(3,12)13/h4-5,8H,6-7H2,1-3H3. The number of rotatable bonds is 4. The summed E-state index contributed by atoms with van der Waals surface area (Å²) in [6, 6.07) is 6.11. The zero-order chi connectivity index (χ0) is 11.5. The van der Waals surface area contributed by atoms with Crippen LogP contribution in [0.1, 0.15) is 16.7 Å². The predicted molar refractivity (Wildman–Crippen MR) is 60.4 cm³/mol. The highest BCUT2D eigenvalue weighted by molar-refractivity contribution is 7.85. The molecular formula is C11H16O3S. The van der Waals surface area contributed by atoms with Gasteiger partial charge in [0, 0.05) is 0 Å². The molecule has 0 amide bonds. The molecule has 0 fully saturated rings. The summed E-state index contributed by atoms with van der Waals surface area (Å²) < 4.78 is 26.2. The van der Waals surface area contributed by atoms with Crippen molar-refractivity contribution in [2.45, 2.75) is 20.3 Å². The van der Waals surface area contributed by atoms with Crippen LogP contribution in [0.25, 0.3) is 0 Å². The van der Waals surface area contributed by atoms with Crippen LogP contribution < -0.4 is 0 Å². The van der Waals surface area contributed by atoms with E-state index < -0.39 is 10.1 Å². The highest BCUT2D eigenvalue weighted by atomic mass is 32.2. The van der Waals surface area contributed by atoms with Gasteiger partial charge in [0.2, 0.25) is 0 Å². The van der Waals surface area contributed by atoms with E-state index in [0.717, 1.165) is 11.8 Å². The van der Waals surface area contributed by atoms with Crippen LogP contribution in [0, 0.1) is 13.8 Å². The average Bonchev–Trinajstić information content (AvgIpc) is 2.07. The molecule has 0 aliphatic heterocycles. The second-order valence-electron chi connectivity index (χ2n) is 3.71. The van der Waals surface area contributed by atoms with Crippen molar-refractivity contribution in [3.05, 3.63) is 34.9 Å². The molecule has 4 heteroatoms. The summed E-state index contributed by atoms with van der Waals surface area (Å²) in [6.07, 6.45) is 1.69. The molecule has 0 atom stereocenters.